The average Bonchev–Trinajstić information content (AvgIpc) is 1.95. The molecule has 2 atom stereocenters. The molecule has 0 aliphatic carbocycles. The molecule has 1 aliphatic rings. The van der Waals surface area contributed by atoms with Gasteiger partial charge in [0.1, 0.15) is 0 Å². The van der Waals surface area contributed by atoms with Crippen molar-refractivity contribution >= 4 is 0 Å². The lowest BCUT2D eigenvalue weighted by atomic mass is 10.0. The summed E-state index contributed by atoms with van der Waals surface area (Å²) in [7, 11) is 3.99. The molecule has 0 radical (unpaired) electrons. The van der Waals surface area contributed by atoms with E-state index in [0.717, 1.165) is 0 Å². The quantitative estimate of drug-likeness (QED) is 0.545. The van der Waals surface area contributed by atoms with Gasteiger partial charge < -0.3 is 9.64 Å². The zero-order chi connectivity index (χ0) is 7.56. The van der Waals surface area contributed by atoms with Crippen LogP contribution in [0.5, 0.6) is 0 Å². The van der Waals surface area contributed by atoms with Crippen molar-refractivity contribution in [2.75, 3.05) is 20.7 Å². The highest BCUT2D eigenvalue weighted by Gasteiger charge is 2.21. The predicted octanol–water partition coefficient (Wildman–Crippen LogP) is 1.12. The maximum Gasteiger partial charge on any atom is 0.0598 e. The van der Waals surface area contributed by atoms with E-state index in [1.54, 1.807) is 0 Å². The summed E-state index contributed by atoms with van der Waals surface area (Å²) in [6, 6.07) is 0.693. The Morgan fingerprint density at radius 1 is 1.50 bits per heavy atom. The van der Waals surface area contributed by atoms with Crippen LogP contribution in [-0.2, 0) is 4.74 Å². The molecule has 0 aromatic carbocycles. The molecule has 1 fully saturated rings. The Bertz CT molecular complexity index is 105. The summed E-state index contributed by atoms with van der Waals surface area (Å²) in [6.07, 6.45) is 2.89. The molecule has 0 aromatic rings. The Labute approximate surface area is 63.2 Å². The van der Waals surface area contributed by atoms with Gasteiger partial charge in [-0.05, 0) is 26.8 Å². The molecule has 0 amide bonds. The van der Waals surface area contributed by atoms with E-state index in [1.165, 1.54) is 19.4 Å². The van der Waals surface area contributed by atoms with Crippen molar-refractivity contribution < 1.29 is 4.74 Å². The summed E-state index contributed by atoms with van der Waals surface area (Å²) >= 11 is 0. The van der Waals surface area contributed by atoms with Crippen molar-refractivity contribution in [2.24, 2.45) is 0 Å². The number of likely N-dealkylation sites (tertiary alicyclic amines) is 1. The second kappa shape index (κ2) is 3.35. The van der Waals surface area contributed by atoms with Gasteiger partial charge in [0.15, 0.2) is 0 Å². The van der Waals surface area contributed by atoms with Crippen molar-refractivity contribution in [3.8, 4) is 0 Å². The van der Waals surface area contributed by atoms with E-state index >= 15 is 0 Å². The van der Waals surface area contributed by atoms with Crippen LogP contribution >= 0.6 is 0 Å². The van der Waals surface area contributed by atoms with E-state index in [2.05, 4.69) is 18.9 Å². The molecule has 0 unspecified atom stereocenters. The van der Waals surface area contributed by atoms with E-state index in [0.29, 0.717) is 12.1 Å². The molecule has 60 valence electrons. The van der Waals surface area contributed by atoms with Gasteiger partial charge in [0, 0.05) is 19.7 Å². The predicted molar refractivity (Wildman–Crippen MR) is 42.1 cm³/mol. The van der Waals surface area contributed by atoms with E-state index in [9.17, 15) is 0 Å². The van der Waals surface area contributed by atoms with Crippen LogP contribution in [0.3, 0.4) is 0 Å². The van der Waals surface area contributed by atoms with Crippen molar-refractivity contribution in [3.05, 3.63) is 0 Å². The normalized spacial score (nSPS) is 36.3. The number of nitrogens with zero attached hydrogens (tertiary/aromatic N) is 1. The monoisotopic (exact) mass is 143 g/mol. The van der Waals surface area contributed by atoms with Crippen molar-refractivity contribution in [3.63, 3.8) is 0 Å². The summed E-state index contributed by atoms with van der Waals surface area (Å²) < 4.78 is 5.28. The van der Waals surface area contributed by atoms with Gasteiger partial charge in [-0.2, -0.15) is 0 Å². The topological polar surface area (TPSA) is 12.5 Å². The third-order valence-corrected chi connectivity index (χ3v) is 2.49. The van der Waals surface area contributed by atoms with E-state index in [1.807, 2.05) is 7.11 Å². The van der Waals surface area contributed by atoms with Gasteiger partial charge in [0.2, 0.25) is 0 Å². The minimum atomic E-state index is 0.506. The molecule has 2 heteroatoms. The lowest BCUT2D eigenvalue weighted by molar-refractivity contribution is 0.0255. The number of methoxy groups -OCH3 is 1. The molecule has 0 N–H and O–H groups in total. The van der Waals surface area contributed by atoms with Crippen molar-refractivity contribution in [1.29, 1.82) is 0 Å². The Morgan fingerprint density at radius 2 is 2.20 bits per heavy atom. The standard InChI is InChI=1S/C8H17NO/c1-7-6-8(10-3)4-5-9(7)2/h7-8H,4-6H2,1-3H3/t7-,8-/m0/s1. The minimum absolute atomic E-state index is 0.506. The van der Waals surface area contributed by atoms with Crippen LogP contribution in [0.25, 0.3) is 0 Å². The third kappa shape index (κ3) is 1.70. The van der Waals surface area contributed by atoms with Crippen LogP contribution in [0.4, 0.5) is 0 Å². The molecule has 1 aliphatic heterocycles. The summed E-state index contributed by atoms with van der Waals surface area (Å²) in [5.41, 5.74) is 0. The molecule has 1 saturated heterocycles. The number of hydrogen-bond donors (Lipinski definition) is 0. The Balaban J connectivity index is 2.33. The van der Waals surface area contributed by atoms with Gasteiger partial charge in [-0.25, -0.2) is 0 Å². The highest BCUT2D eigenvalue weighted by Crippen LogP contribution is 2.16. The molecule has 1 rings (SSSR count). The summed E-state index contributed by atoms with van der Waals surface area (Å²) in [6.45, 7) is 3.44. The number of piperidine rings is 1. The largest absolute Gasteiger partial charge is 0.381 e. The molecule has 0 saturated carbocycles. The summed E-state index contributed by atoms with van der Waals surface area (Å²) in [4.78, 5) is 2.38. The zero-order valence-electron chi connectivity index (χ0n) is 7.13. The van der Waals surface area contributed by atoms with E-state index in [-0.39, 0.29) is 0 Å². The van der Waals surface area contributed by atoms with Crippen LogP contribution in [0.2, 0.25) is 0 Å². The first kappa shape index (κ1) is 8.02. The molecular weight excluding hydrogens is 126 g/mol. The number of hydrogen-bond acceptors (Lipinski definition) is 2. The first-order valence-electron chi connectivity index (χ1n) is 3.97. The van der Waals surface area contributed by atoms with E-state index in [4.69, 9.17) is 4.74 Å². The Morgan fingerprint density at radius 3 is 2.70 bits per heavy atom. The maximum absolute atomic E-state index is 5.28. The molecule has 10 heavy (non-hydrogen) atoms. The second-order valence-corrected chi connectivity index (χ2v) is 3.21. The van der Waals surface area contributed by atoms with Gasteiger partial charge in [-0.3, -0.25) is 0 Å². The molecule has 0 aromatic heterocycles. The Hall–Kier alpha value is -0.0800. The lowest BCUT2D eigenvalue weighted by Gasteiger charge is -2.34. The molecule has 0 spiro atoms. The molecule has 1 heterocycles. The van der Waals surface area contributed by atoms with Gasteiger partial charge in [0.25, 0.3) is 0 Å². The molecular formula is C8H17NO. The molecule has 0 bridgehead atoms. The summed E-state index contributed by atoms with van der Waals surface area (Å²) in [5.74, 6) is 0. The first-order valence-corrected chi connectivity index (χ1v) is 3.97. The van der Waals surface area contributed by atoms with Crippen LogP contribution in [0.1, 0.15) is 19.8 Å². The second-order valence-electron chi connectivity index (χ2n) is 3.21. The van der Waals surface area contributed by atoms with Crippen LogP contribution in [-0.4, -0.2) is 37.7 Å². The number of ether oxygens (including phenoxy) is 1. The van der Waals surface area contributed by atoms with Gasteiger partial charge in [-0.1, -0.05) is 0 Å². The number of rotatable bonds is 1. The van der Waals surface area contributed by atoms with Crippen LogP contribution in [0, 0.1) is 0 Å². The van der Waals surface area contributed by atoms with E-state index < -0.39 is 0 Å². The highest BCUT2D eigenvalue weighted by atomic mass is 16.5. The fourth-order valence-electron chi connectivity index (χ4n) is 1.46. The fourth-order valence-corrected chi connectivity index (χ4v) is 1.46. The van der Waals surface area contributed by atoms with Crippen LogP contribution < -0.4 is 0 Å². The van der Waals surface area contributed by atoms with Crippen molar-refractivity contribution in [2.45, 2.75) is 31.9 Å². The third-order valence-electron chi connectivity index (χ3n) is 2.49. The van der Waals surface area contributed by atoms with Crippen LogP contribution in [0.15, 0.2) is 0 Å². The fraction of sp³-hybridized carbons (Fsp3) is 1.00. The lowest BCUT2D eigenvalue weighted by Crippen LogP contribution is -2.40. The minimum Gasteiger partial charge on any atom is -0.381 e. The average molecular weight is 143 g/mol. The van der Waals surface area contributed by atoms with Crippen molar-refractivity contribution in [1.82, 2.24) is 4.90 Å². The smallest absolute Gasteiger partial charge is 0.0598 e. The van der Waals surface area contributed by atoms with Gasteiger partial charge in [0.05, 0.1) is 6.10 Å². The van der Waals surface area contributed by atoms with Gasteiger partial charge in [-0.15, -0.1) is 0 Å². The maximum atomic E-state index is 5.28. The molecule has 2 nitrogen and oxygen atoms in total. The summed E-state index contributed by atoms with van der Waals surface area (Å²) in [5, 5.41) is 0. The highest BCUT2D eigenvalue weighted by molar-refractivity contribution is 4.76. The SMILES string of the molecule is CO[C@H]1CCN(C)[C@@H](C)C1. The first-order chi connectivity index (χ1) is 4.74. The zero-order valence-corrected chi connectivity index (χ0v) is 7.13. The Kier molecular flexibility index (Phi) is 2.69. The van der Waals surface area contributed by atoms with Gasteiger partial charge >= 0.3 is 0 Å².